The summed E-state index contributed by atoms with van der Waals surface area (Å²) in [7, 11) is 1.62. The molecule has 1 aliphatic heterocycles. The highest BCUT2D eigenvalue weighted by Gasteiger charge is 2.32. The third-order valence-corrected chi connectivity index (χ3v) is 7.50. The van der Waals surface area contributed by atoms with E-state index in [9.17, 15) is 4.79 Å². The van der Waals surface area contributed by atoms with Gasteiger partial charge in [-0.2, -0.15) is 5.10 Å². The summed E-state index contributed by atoms with van der Waals surface area (Å²) in [5, 5.41) is 5.77. The second kappa shape index (κ2) is 10.7. The lowest BCUT2D eigenvalue weighted by Gasteiger charge is -2.13. The molecule has 0 N–H and O–H groups in total. The summed E-state index contributed by atoms with van der Waals surface area (Å²) in [6, 6.07) is 17.6. The number of methoxy groups -OCH3 is 1. The van der Waals surface area contributed by atoms with Crippen molar-refractivity contribution < 1.29 is 13.9 Å². The Bertz CT molecular complexity index is 1440. The number of furan rings is 1. The van der Waals surface area contributed by atoms with E-state index in [1.165, 1.54) is 11.8 Å². The molecule has 0 aliphatic carbocycles. The Hall–Kier alpha value is -3.36. The standard InChI is InChI=1S/C28H27N3O3S2/c1-3-4-5-9-15-30-27(32)24(36-28(30)35)17-20-18-31(21-12-7-6-8-13-21)29-25(20)23-16-19-11-10-14-22(33-2)26(19)34-23/h6-8,10-14,16-18H,3-5,9,15H2,1-2H3. The quantitative estimate of drug-likeness (QED) is 0.134. The van der Waals surface area contributed by atoms with Crippen LogP contribution in [0.15, 0.2) is 70.1 Å². The third-order valence-electron chi connectivity index (χ3n) is 6.12. The van der Waals surface area contributed by atoms with Crippen molar-refractivity contribution in [1.29, 1.82) is 0 Å². The largest absolute Gasteiger partial charge is 0.493 e. The summed E-state index contributed by atoms with van der Waals surface area (Å²) < 4.78 is 14.1. The molecule has 0 unspecified atom stereocenters. The molecule has 0 atom stereocenters. The van der Waals surface area contributed by atoms with E-state index in [0.717, 1.165) is 42.3 Å². The maximum absolute atomic E-state index is 13.2. The fourth-order valence-electron chi connectivity index (χ4n) is 4.24. The zero-order valence-corrected chi connectivity index (χ0v) is 21.9. The lowest BCUT2D eigenvalue weighted by molar-refractivity contribution is -0.122. The molecule has 1 aliphatic rings. The minimum Gasteiger partial charge on any atom is -0.493 e. The number of unbranched alkanes of at least 4 members (excludes halogenated alkanes) is 3. The molecule has 8 heteroatoms. The van der Waals surface area contributed by atoms with Gasteiger partial charge in [0.25, 0.3) is 5.91 Å². The molecule has 0 saturated carbocycles. The van der Waals surface area contributed by atoms with E-state index in [1.807, 2.05) is 66.9 Å². The van der Waals surface area contributed by atoms with Crippen molar-refractivity contribution in [2.45, 2.75) is 32.6 Å². The van der Waals surface area contributed by atoms with Crippen molar-refractivity contribution in [2.24, 2.45) is 0 Å². The van der Waals surface area contributed by atoms with Gasteiger partial charge in [-0.1, -0.05) is 80.5 Å². The number of thiocarbonyl (C=S) groups is 1. The fourth-order valence-corrected chi connectivity index (χ4v) is 5.54. The van der Waals surface area contributed by atoms with Crippen LogP contribution in [0.1, 0.15) is 38.2 Å². The molecule has 2 aromatic heterocycles. The zero-order chi connectivity index (χ0) is 25.1. The van der Waals surface area contributed by atoms with Crippen molar-refractivity contribution in [3.05, 3.63) is 71.3 Å². The molecule has 2 aromatic carbocycles. The minimum atomic E-state index is -0.0498. The summed E-state index contributed by atoms with van der Waals surface area (Å²) in [5.74, 6) is 1.21. The molecular formula is C28H27N3O3S2. The van der Waals surface area contributed by atoms with E-state index in [2.05, 4.69) is 6.92 Å². The van der Waals surface area contributed by atoms with Gasteiger partial charge in [-0.05, 0) is 36.8 Å². The van der Waals surface area contributed by atoms with Crippen LogP contribution in [0, 0.1) is 0 Å². The topological polar surface area (TPSA) is 60.5 Å². The molecule has 1 saturated heterocycles. The van der Waals surface area contributed by atoms with Crippen LogP contribution in [0.2, 0.25) is 0 Å². The van der Waals surface area contributed by atoms with Crippen molar-refractivity contribution in [3.63, 3.8) is 0 Å². The minimum absolute atomic E-state index is 0.0498. The molecule has 184 valence electrons. The Morgan fingerprint density at radius 1 is 1.11 bits per heavy atom. The number of amides is 1. The second-order valence-corrected chi connectivity index (χ2v) is 10.3. The van der Waals surface area contributed by atoms with Gasteiger partial charge in [0.1, 0.15) is 10.0 Å². The second-order valence-electron chi connectivity index (χ2n) is 8.60. The van der Waals surface area contributed by atoms with Crippen LogP contribution in [0.25, 0.3) is 34.2 Å². The highest BCUT2D eigenvalue weighted by molar-refractivity contribution is 8.26. The lowest BCUT2D eigenvalue weighted by Crippen LogP contribution is -2.28. The summed E-state index contributed by atoms with van der Waals surface area (Å²) in [6.45, 7) is 2.83. The van der Waals surface area contributed by atoms with Crippen molar-refractivity contribution in [2.75, 3.05) is 13.7 Å². The van der Waals surface area contributed by atoms with Gasteiger partial charge < -0.3 is 9.15 Å². The summed E-state index contributed by atoms with van der Waals surface area (Å²) in [6.07, 6.45) is 8.15. The Morgan fingerprint density at radius 2 is 1.94 bits per heavy atom. The molecule has 1 fully saturated rings. The van der Waals surface area contributed by atoms with E-state index >= 15 is 0 Å². The maximum atomic E-state index is 13.2. The van der Waals surface area contributed by atoms with Crippen LogP contribution >= 0.6 is 24.0 Å². The van der Waals surface area contributed by atoms with E-state index in [1.54, 1.807) is 16.7 Å². The predicted octanol–water partition coefficient (Wildman–Crippen LogP) is 7.08. The van der Waals surface area contributed by atoms with Crippen LogP contribution in [0.5, 0.6) is 5.75 Å². The number of benzene rings is 2. The number of nitrogens with zero attached hydrogens (tertiary/aromatic N) is 3. The smallest absolute Gasteiger partial charge is 0.266 e. The van der Waals surface area contributed by atoms with Gasteiger partial charge in [-0.15, -0.1) is 0 Å². The van der Waals surface area contributed by atoms with E-state index in [0.29, 0.717) is 38.6 Å². The predicted molar refractivity (Wildman–Crippen MR) is 149 cm³/mol. The summed E-state index contributed by atoms with van der Waals surface area (Å²) >= 11 is 6.88. The van der Waals surface area contributed by atoms with Crippen LogP contribution in [-0.4, -0.2) is 38.6 Å². The molecule has 6 nitrogen and oxygen atoms in total. The van der Waals surface area contributed by atoms with E-state index in [4.69, 9.17) is 26.5 Å². The van der Waals surface area contributed by atoms with Gasteiger partial charge in [0.2, 0.25) is 0 Å². The first kappa shape index (κ1) is 24.3. The molecular weight excluding hydrogens is 490 g/mol. The normalized spacial score (nSPS) is 14.9. The summed E-state index contributed by atoms with van der Waals surface area (Å²) in [5.41, 5.74) is 3.00. The average Bonchev–Trinajstić information content (AvgIpc) is 3.58. The van der Waals surface area contributed by atoms with Gasteiger partial charge in [0.05, 0.1) is 17.7 Å². The van der Waals surface area contributed by atoms with Crippen molar-refractivity contribution in [1.82, 2.24) is 14.7 Å². The van der Waals surface area contributed by atoms with Crippen LogP contribution in [0.4, 0.5) is 0 Å². The molecule has 4 aromatic rings. The van der Waals surface area contributed by atoms with Crippen LogP contribution < -0.4 is 4.74 Å². The molecule has 1 amide bonds. The SMILES string of the molecule is CCCCCCN1C(=O)C(=Cc2cn(-c3ccccc3)nc2-c2cc3cccc(OC)c3o2)SC1=S. The summed E-state index contributed by atoms with van der Waals surface area (Å²) in [4.78, 5) is 15.5. The number of aromatic nitrogens is 2. The molecule has 0 bridgehead atoms. The molecule has 36 heavy (non-hydrogen) atoms. The molecule has 0 radical (unpaired) electrons. The monoisotopic (exact) mass is 517 g/mol. The number of ether oxygens (including phenoxy) is 1. The number of para-hydroxylation sites is 2. The highest BCUT2D eigenvalue weighted by Crippen LogP contribution is 2.37. The van der Waals surface area contributed by atoms with Crippen molar-refractivity contribution in [3.8, 4) is 22.9 Å². The van der Waals surface area contributed by atoms with Gasteiger partial charge in [-0.25, -0.2) is 4.68 Å². The first-order chi connectivity index (χ1) is 17.6. The van der Waals surface area contributed by atoms with Crippen molar-refractivity contribution >= 4 is 51.3 Å². The molecule has 0 spiro atoms. The first-order valence-corrected chi connectivity index (χ1v) is 13.3. The zero-order valence-electron chi connectivity index (χ0n) is 20.3. The number of hydrogen-bond donors (Lipinski definition) is 0. The van der Waals surface area contributed by atoms with Gasteiger partial charge in [-0.3, -0.25) is 9.69 Å². The number of rotatable bonds is 9. The number of fused-ring (bicyclic) bond motifs is 1. The Balaban J connectivity index is 1.54. The van der Waals surface area contributed by atoms with Crippen LogP contribution in [0.3, 0.4) is 0 Å². The molecule has 5 rings (SSSR count). The lowest BCUT2D eigenvalue weighted by atomic mass is 10.1. The van der Waals surface area contributed by atoms with Gasteiger partial charge >= 0.3 is 0 Å². The first-order valence-electron chi connectivity index (χ1n) is 12.1. The number of carbonyl (C=O) groups excluding carboxylic acids is 1. The Kier molecular flexibility index (Phi) is 7.25. The highest BCUT2D eigenvalue weighted by atomic mass is 32.2. The van der Waals surface area contributed by atoms with E-state index in [-0.39, 0.29) is 5.91 Å². The number of hydrogen-bond acceptors (Lipinski definition) is 6. The fraction of sp³-hybridized carbons (Fsp3) is 0.250. The van der Waals surface area contributed by atoms with Gasteiger partial charge in [0, 0.05) is 23.7 Å². The number of thioether (sulfide) groups is 1. The van der Waals surface area contributed by atoms with Gasteiger partial charge in [0.15, 0.2) is 17.1 Å². The number of carbonyl (C=O) groups is 1. The third kappa shape index (κ3) is 4.83. The van der Waals surface area contributed by atoms with E-state index < -0.39 is 0 Å². The molecule has 3 heterocycles. The average molecular weight is 518 g/mol. The Labute approximate surface area is 219 Å². The maximum Gasteiger partial charge on any atom is 0.266 e. The van der Waals surface area contributed by atoms with Crippen LogP contribution in [-0.2, 0) is 4.79 Å². The Morgan fingerprint density at radius 3 is 2.72 bits per heavy atom.